The number of anilines is 1. The second kappa shape index (κ2) is 18.2. The summed E-state index contributed by atoms with van der Waals surface area (Å²) in [6, 6.07) is 14.9. The molecule has 8 rings (SSSR count). The van der Waals surface area contributed by atoms with Gasteiger partial charge >= 0.3 is 0 Å². The van der Waals surface area contributed by atoms with Gasteiger partial charge in [0.15, 0.2) is 5.13 Å². The summed E-state index contributed by atoms with van der Waals surface area (Å²) in [5.74, 6) is -3.16. The Kier molecular flexibility index (Phi) is 12.8. The van der Waals surface area contributed by atoms with Gasteiger partial charge in [0.05, 0.1) is 36.0 Å². The Labute approximate surface area is 382 Å². The van der Waals surface area contributed by atoms with Crippen molar-refractivity contribution in [2.45, 2.75) is 101 Å². The number of likely N-dealkylation sites (tertiary alicyclic amines) is 2. The minimum atomic E-state index is -3.95. The summed E-state index contributed by atoms with van der Waals surface area (Å²) in [4.78, 5) is 83.6. The maximum absolute atomic E-state index is 15.2. The lowest BCUT2D eigenvalue weighted by atomic mass is 9.77. The molecule has 2 aliphatic heterocycles. The number of pyridine rings is 1. The number of sulfonamides is 1. The number of ether oxygens (including phenoxy) is 2. The Morgan fingerprint density at radius 3 is 2.43 bits per heavy atom. The van der Waals surface area contributed by atoms with Crippen LogP contribution in [0.4, 0.5) is 5.13 Å². The molecule has 1 unspecified atom stereocenters. The van der Waals surface area contributed by atoms with Gasteiger partial charge in [-0.3, -0.25) is 28.7 Å². The lowest BCUT2D eigenvalue weighted by molar-refractivity contribution is -0.150. The molecule has 4 heterocycles. The fourth-order valence-electron chi connectivity index (χ4n) is 8.96. The fourth-order valence-corrected chi connectivity index (χ4v) is 10.9. The zero-order chi connectivity index (χ0) is 46.3. The highest BCUT2D eigenvalue weighted by atomic mass is 32.2. The van der Waals surface area contributed by atoms with E-state index in [-0.39, 0.29) is 37.6 Å². The first-order chi connectivity index (χ1) is 31.0. The number of hydrogen-bond acceptors (Lipinski definition) is 12. The Hall–Kier alpha value is -5.88. The van der Waals surface area contributed by atoms with Gasteiger partial charge in [0, 0.05) is 60.0 Å². The molecule has 4 aromatic rings. The third-order valence-electron chi connectivity index (χ3n) is 13.0. The van der Waals surface area contributed by atoms with Crippen molar-refractivity contribution < 1.29 is 41.9 Å². The van der Waals surface area contributed by atoms with Crippen LogP contribution < -0.4 is 24.8 Å². The van der Waals surface area contributed by atoms with E-state index in [1.165, 1.54) is 22.3 Å². The molecule has 65 heavy (non-hydrogen) atoms. The molecule has 0 bridgehead atoms. The normalized spacial score (nSPS) is 23.6. The molecule has 4 aliphatic rings. The summed E-state index contributed by atoms with van der Waals surface area (Å²) in [7, 11) is -2.38. The molecular formula is C47H55N7O9S2. The summed E-state index contributed by atoms with van der Waals surface area (Å²) < 4.78 is 40.3. The fraction of sp³-hybridized carbons (Fsp3) is 0.468. The third kappa shape index (κ3) is 9.74. The van der Waals surface area contributed by atoms with Crippen molar-refractivity contribution in [2.24, 2.45) is 17.3 Å². The summed E-state index contributed by atoms with van der Waals surface area (Å²) in [5, 5.41) is 7.85. The van der Waals surface area contributed by atoms with Crippen LogP contribution in [0.15, 0.2) is 78.8 Å². The molecule has 2 aromatic heterocycles. The minimum Gasteiger partial charge on any atom is -0.497 e. The van der Waals surface area contributed by atoms with Crippen LogP contribution in [0.25, 0.3) is 22.2 Å². The largest absolute Gasteiger partial charge is 0.497 e. The van der Waals surface area contributed by atoms with Crippen molar-refractivity contribution in [3.05, 3.63) is 78.8 Å². The number of methoxy groups -OCH3 is 1. The molecule has 3 N–H and O–H groups in total. The van der Waals surface area contributed by atoms with Crippen molar-refractivity contribution in [3.63, 3.8) is 0 Å². The third-order valence-corrected chi connectivity index (χ3v) is 15.5. The maximum Gasteiger partial charge on any atom is 0.259 e. The van der Waals surface area contributed by atoms with Crippen molar-refractivity contribution in [1.82, 2.24) is 29.8 Å². The van der Waals surface area contributed by atoms with E-state index in [0.29, 0.717) is 65.5 Å². The van der Waals surface area contributed by atoms with Crippen LogP contribution in [-0.4, -0.2) is 107 Å². The van der Waals surface area contributed by atoms with Gasteiger partial charge in [-0.1, -0.05) is 57.2 Å². The van der Waals surface area contributed by atoms with E-state index >= 15 is 4.79 Å². The number of aromatic nitrogens is 2. The molecule has 5 amide bonds. The number of nitrogens with zero attached hydrogens (tertiary/aromatic N) is 4. The zero-order valence-corrected chi connectivity index (χ0v) is 38.6. The van der Waals surface area contributed by atoms with Crippen LogP contribution in [0.5, 0.6) is 11.5 Å². The first-order valence-corrected chi connectivity index (χ1v) is 24.5. The van der Waals surface area contributed by atoms with E-state index in [1.54, 1.807) is 35.7 Å². The molecule has 18 heteroatoms. The standard InChI is InChI=1S/C47H55N7O9S2/c1-6-29-26-47(29,44(59)52-65(60,61)32-16-17-32)51-42(57)38-23-31(63-39-25-35(28-12-8-7-9-13-28)49-36-22-30(62-5)15-18-33(36)39)27-54(38)43(58)34(46(2,3)4)24-40(55)53-20-11-10-14-37(53)41(56)50-45-48-19-21-64-45/h6-9,12-13,15,18-19,21-22,25,29,31-32,34,37-38H,1,10-11,14,16-17,20,23-24,26-27H2,2-5H3,(H,51,57)(H,52,59)(H,48,50,56)/t29-,31-,34-,37?,38+,47-/m1/s1. The average Bonchev–Trinajstić information content (AvgIpc) is 4.17. The number of rotatable bonds is 15. The van der Waals surface area contributed by atoms with Gasteiger partial charge in [0.2, 0.25) is 33.7 Å². The molecule has 0 radical (unpaired) electrons. The first kappa shape index (κ1) is 45.7. The predicted octanol–water partition coefficient (Wildman–Crippen LogP) is 5.46. The number of piperidine rings is 1. The van der Waals surface area contributed by atoms with Gasteiger partial charge in [-0.2, -0.15) is 0 Å². The van der Waals surface area contributed by atoms with Crippen molar-refractivity contribution in [1.29, 1.82) is 0 Å². The molecule has 2 aliphatic carbocycles. The van der Waals surface area contributed by atoms with Crippen LogP contribution in [0.1, 0.15) is 72.1 Å². The monoisotopic (exact) mass is 925 g/mol. The number of hydrogen-bond donors (Lipinski definition) is 3. The number of fused-ring (bicyclic) bond motifs is 1. The van der Waals surface area contributed by atoms with Crippen molar-refractivity contribution >= 4 is 66.9 Å². The van der Waals surface area contributed by atoms with E-state index < -0.39 is 74.0 Å². The summed E-state index contributed by atoms with van der Waals surface area (Å²) in [6.45, 7) is 9.67. The number of carbonyl (C=O) groups excluding carboxylic acids is 5. The number of amides is 5. The maximum atomic E-state index is 15.2. The molecule has 2 saturated carbocycles. The molecular weight excluding hydrogens is 871 g/mol. The second-order valence-corrected chi connectivity index (χ2v) is 21.3. The van der Waals surface area contributed by atoms with Crippen LogP contribution in [0.3, 0.4) is 0 Å². The second-order valence-electron chi connectivity index (χ2n) is 18.5. The van der Waals surface area contributed by atoms with Gasteiger partial charge in [-0.25, -0.2) is 18.4 Å². The quantitative estimate of drug-likeness (QED) is 0.128. The molecule has 2 aromatic carbocycles. The highest BCUT2D eigenvalue weighted by Crippen LogP contribution is 2.46. The highest BCUT2D eigenvalue weighted by Gasteiger charge is 2.62. The van der Waals surface area contributed by atoms with E-state index in [4.69, 9.17) is 14.5 Å². The zero-order valence-electron chi connectivity index (χ0n) is 37.0. The predicted molar refractivity (Wildman–Crippen MR) is 245 cm³/mol. The van der Waals surface area contributed by atoms with Crippen molar-refractivity contribution in [3.8, 4) is 22.8 Å². The van der Waals surface area contributed by atoms with E-state index in [0.717, 1.165) is 12.0 Å². The van der Waals surface area contributed by atoms with Crippen molar-refractivity contribution in [2.75, 3.05) is 25.5 Å². The van der Waals surface area contributed by atoms with Crippen LogP contribution in [0.2, 0.25) is 0 Å². The average molecular weight is 926 g/mol. The lowest BCUT2D eigenvalue weighted by Gasteiger charge is -2.38. The summed E-state index contributed by atoms with van der Waals surface area (Å²) in [5.41, 5.74) is -0.328. The lowest BCUT2D eigenvalue weighted by Crippen LogP contribution is -2.57. The first-order valence-electron chi connectivity index (χ1n) is 22.0. The number of nitrogens with one attached hydrogen (secondary N) is 3. The topological polar surface area (TPSA) is 206 Å². The molecule has 6 atom stereocenters. The summed E-state index contributed by atoms with van der Waals surface area (Å²) in [6.07, 6.45) is 5.01. The SMILES string of the molecule is C=C[C@@H]1C[C@]1(NC(=O)[C@@H]1C[C@@H](Oc2cc(-c3ccccc3)nc3cc(OC)ccc23)CN1C(=O)[C@@H](CC(=O)N1CCCCC1C(=O)Nc1nccs1)C(C)(C)C)C(=O)NS(=O)(=O)C1CC1. The van der Waals surface area contributed by atoms with E-state index in [2.05, 4.69) is 26.9 Å². The Morgan fingerprint density at radius 1 is 1.00 bits per heavy atom. The van der Waals surface area contributed by atoms with E-state index in [1.807, 2.05) is 63.2 Å². The molecule has 16 nitrogen and oxygen atoms in total. The Morgan fingerprint density at radius 2 is 1.77 bits per heavy atom. The van der Waals surface area contributed by atoms with Gasteiger partial charge in [0.25, 0.3) is 5.91 Å². The Bertz CT molecular complexity index is 2600. The minimum absolute atomic E-state index is 0.00494. The smallest absolute Gasteiger partial charge is 0.259 e. The van der Waals surface area contributed by atoms with Gasteiger partial charge in [0.1, 0.15) is 35.2 Å². The highest BCUT2D eigenvalue weighted by molar-refractivity contribution is 7.91. The number of thiazole rings is 1. The molecule has 0 spiro atoms. The number of benzene rings is 2. The molecule has 4 fully saturated rings. The van der Waals surface area contributed by atoms with Gasteiger partial charge in [-0.05, 0) is 56.1 Å². The molecule has 344 valence electrons. The number of carbonyl (C=O) groups is 5. The van der Waals surface area contributed by atoms with Crippen LogP contribution >= 0.6 is 11.3 Å². The van der Waals surface area contributed by atoms with Crippen LogP contribution in [0, 0.1) is 17.3 Å². The Balaban J connectivity index is 1.10. The summed E-state index contributed by atoms with van der Waals surface area (Å²) >= 11 is 1.28. The van der Waals surface area contributed by atoms with E-state index in [9.17, 15) is 27.6 Å². The van der Waals surface area contributed by atoms with Gasteiger partial charge < -0.3 is 29.9 Å². The molecule has 2 saturated heterocycles. The van der Waals surface area contributed by atoms with Gasteiger partial charge in [-0.15, -0.1) is 17.9 Å². The van der Waals surface area contributed by atoms with Crippen LogP contribution in [-0.2, 0) is 34.0 Å².